The van der Waals surface area contributed by atoms with Crippen LogP contribution < -0.4 is 0 Å². The molecule has 2 aromatic carbocycles. The number of rotatable bonds is 9. The summed E-state index contributed by atoms with van der Waals surface area (Å²) in [5, 5.41) is -0.324. The van der Waals surface area contributed by atoms with E-state index < -0.39 is 92.0 Å². The Hall–Kier alpha value is -2.32. The van der Waals surface area contributed by atoms with Gasteiger partial charge in [-0.1, -0.05) is 48.3 Å². The largest absolute Gasteiger partial charge is 0.417 e. The second-order valence-electron chi connectivity index (χ2n) is 9.33. The maximum atomic E-state index is 15.0. The lowest BCUT2D eigenvalue weighted by molar-refractivity contribution is -0.140. The van der Waals surface area contributed by atoms with Gasteiger partial charge in [-0.15, -0.1) is 0 Å². The van der Waals surface area contributed by atoms with Crippen molar-refractivity contribution in [3.8, 4) is 0 Å². The number of hydrogen-bond acceptors (Lipinski definition) is 3. The highest BCUT2D eigenvalue weighted by atomic mass is 35.5. The fraction of sp³-hybridized carbons (Fsp3) is 0.400. The summed E-state index contributed by atoms with van der Waals surface area (Å²) < 4.78 is 158. The molecule has 16 heteroatoms. The van der Waals surface area contributed by atoms with Crippen molar-refractivity contribution in [2.75, 3.05) is 11.5 Å². The number of allylic oxidation sites excluding steroid dienone is 1. The van der Waals surface area contributed by atoms with Crippen molar-refractivity contribution in [2.24, 2.45) is 5.92 Å². The van der Waals surface area contributed by atoms with Crippen LogP contribution in [0.1, 0.15) is 51.9 Å². The topological polar surface area (TPSA) is 51.2 Å². The van der Waals surface area contributed by atoms with Gasteiger partial charge < -0.3 is 0 Å². The standard InChI is InChI=1S/C25H20Cl2F10O3S/c1-12(10-41(39,40)11-23(29,30)31)5-21(38)16-4-3-14(7-18(16)25(35,36)37)20(28)9-17(24(32,33)34)15-6-13(2)22(27)19(26)8-15/h3-4,6-9,12,17H,5,10-11H2,1-2H3/b20-9-/t12-,17?/m0/s1. The number of benzene rings is 2. The molecule has 2 atom stereocenters. The average Bonchev–Trinajstić information content (AvgIpc) is 2.76. The third-order valence-electron chi connectivity index (χ3n) is 5.61. The van der Waals surface area contributed by atoms with Crippen molar-refractivity contribution in [1.29, 1.82) is 0 Å². The van der Waals surface area contributed by atoms with E-state index in [0.29, 0.717) is 12.1 Å². The fourth-order valence-electron chi connectivity index (χ4n) is 3.95. The second kappa shape index (κ2) is 12.5. The summed E-state index contributed by atoms with van der Waals surface area (Å²) in [5.74, 6) is -10.3. The zero-order chi connectivity index (χ0) is 31.7. The minimum Gasteiger partial charge on any atom is -0.294 e. The van der Waals surface area contributed by atoms with Gasteiger partial charge in [0.2, 0.25) is 0 Å². The van der Waals surface area contributed by atoms with Crippen LogP contribution in [0.15, 0.2) is 36.4 Å². The van der Waals surface area contributed by atoms with Gasteiger partial charge in [-0.2, -0.15) is 39.5 Å². The van der Waals surface area contributed by atoms with E-state index in [2.05, 4.69) is 0 Å². The van der Waals surface area contributed by atoms with E-state index in [1.807, 2.05) is 0 Å². The molecule has 2 rings (SSSR count). The van der Waals surface area contributed by atoms with Crippen LogP contribution in [0.25, 0.3) is 5.83 Å². The molecule has 0 radical (unpaired) electrons. The summed E-state index contributed by atoms with van der Waals surface area (Å²) in [7, 11) is -4.74. The lowest BCUT2D eigenvalue weighted by Gasteiger charge is -2.20. The molecule has 0 aliphatic carbocycles. The molecule has 1 unspecified atom stereocenters. The van der Waals surface area contributed by atoms with Crippen LogP contribution >= 0.6 is 23.2 Å². The van der Waals surface area contributed by atoms with Crippen LogP contribution in [0, 0.1) is 12.8 Å². The summed E-state index contributed by atoms with van der Waals surface area (Å²) in [4.78, 5) is 12.6. The monoisotopic (exact) mass is 660 g/mol. The number of ketones is 1. The minimum absolute atomic E-state index is 0.0313. The van der Waals surface area contributed by atoms with Crippen LogP contribution in [0.5, 0.6) is 0 Å². The third kappa shape index (κ3) is 9.88. The lowest BCUT2D eigenvalue weighted by atomic mass is 9.93. The molecule has 2 aromatic rings. The first-order valence-corrected chi connectivity index (χ1v) is 13.9. The third-order valence-corrected chi connectivity index (χ3v) is 8.35. The number of carbonyl (C=O) groups excluding carboxylic acids is 1. The zero-order valence-corrected chi connectivity index (χ0v) is 23.2. The minimum atomic E-state index is -5.31. The van der Waals surface area contributed by atoms with Gasteiger partial charge in [-0.25, -0.2) is 12.8 Å². The molecule has 228 valence electrons. The van der Waals surface area contributed by atoms with E-state index in [-0.39, 0.29) is 27.8 Å². The van der Waals surface area contributed by atoms with E-state index in [4.69, 9.17) is 23.2 Å². The zero-order valence-electron chi connectivity index (χ0n) is 20.9. The van der Waals surface area contributed by atoms with Crippen LogP contribution in [0.2, 0.25) is 10.0 Å². The summed E-state index contributed by atoms with van der Waals surface area (Å²) >= 11 is 11.7. The highest BCUT2D eigenvalue weighted by Crippen LogP contribution is 2.42. The Balaban J connectivity index is 2.46. The number of hydrogen-bond donors (Lipinski definition) is 0. The van der Waals surface area contributed by atoms with Crippen molar-refractivity contribution < 1.29 is 57.1 Å². The average molecular weight is 661 g/mol. The van der Waals surface area contributed by atoms with Crippen molar-refractivity contribution in [2.45, 2.75) is 44.7 Å². The molecule has 0 bridgehead atoms. The molecule has 0 saturated carbocycles. The molecule has 3 nitrogen and oxygen atoms in total. The highest BCUT2D eigenvalue weighted by Gasteiger charge is 2.41. The predicted molar refractivity (Wildman–Crippen MR) is 133 cm³/mol. The first kappa shape index (κ1) is 34.9. The van der Waals surface area contributed by atoms with Gasteiger partial charge in [0, 0.05) is 17.5 Å². The smallest absolute Gasteiger partial charge is 0.294 e. The van der Waals surface area contributed by atoms with Crippen molar-refractivity contribution in [3.63, 3.8) is 0 Å². The molecule has 0 aliphatic heterocycles. The molecule has 41 heavy (non-hydrogen) atoms. The molecule has 0 spiro atoms. The van der Waals surface area contributed by atoms with Gasteiger partial charge in [0.15, 0.2) is 15.6 Å². The van der Waals surface area contributed by atoms with Gasteiger partial charge in [0.25, 0.3) is 0 Å². The molecule has 0 heterocycles. The summed E-state index contributed by atoms with van der Waals surface area (Å²) in [5.41, 5.74) is -4.18. The highest BCUT2D eigenvalue weighted by molar-refractivity contribution is 7.91. The van der Waals surface area contributed by atoms with Crippen LogP contribution in [0.4, 0.5) is 43.9 Å². The van der Waals surface area contributed by atoms with Gasteiger partial charge in [0.1, 0.15) is 17.5 Å². The van der Waals surface area contributed by atoms with Gasteiger partial charge in [-0.05, 0) is 42.2 Å². The number of halogens is 12. The maximum absolute atomic E-state index is 15.0. The van der Waals surface area contributed by atoms with Crippen LogP contribution in [-0.4, -0.2) is 38.1 Å². The molecular weight excluding hydrogens is 641 g/mol. The van der Waals surface area contributed by atoms with Crippen LogP contribution in [0.3, 0.4) is 0 Å². The first-order valence-electron chi connectivity index (χ1n) is 11.3. The molecule has 0 saturated heterocycles. The lowest BCUT2D eigenvalue weighted by Crippen LogP contribution is -2.28. The molecule has 0 aliphatic rings. The Labute approximate surface area is 238 Å². The molecule has 0 fully saturated rings. The fourth-order valence-corrected chi connectivity index (χ4v) is 5.94. The van der Waals surface area contributed by atoms with Crippen molar-refractivity contribution >= 4 is 44.6 Å². The van der Waals surface area contributed by atoms with E-state index in [1.165, 1.54) is 6.92 Å². The van der Waals surface area contributed by atoms with E-state index >= 15 is 4.39 Å². The van der Waals surface area contributed by atoms with Gasteiger partial charge in [0.05, 0.1) is 21.4 Å². The molecule has 0 aromatic heterocycles. The predicted octanol–water partition coefficient (Wildman–Crippen LogP) is 9.16. The van der Waals surface area contributed by atoms with E-state index in [1.54, 1.807) is 0 Å². The maximum Gasteiger partial charge on any atom is 0.417 e. The van der Waals surface area contributed by atoms with Crippen molar-refractivity contribution in [1.82, 2.24) is 0 Å². The molecule has 0 amide bonds. The summed E-state index contributed by atoms with van der Waals surface area (Å²) in [6, 6.07) is 3.04. The Morgan fingerprint density at radius 3 is 2.05 bits per heavy atom. The number of sulfone groups is 1. The quantitative estimate of drug-likeness (QED) is 0.199. The summed E-state index contributed by atoms with van der Waals surface area (Å²) in [6.45, 7) is 2.38. The molecule has 0 N–H and O–H groups in total. The number of carbonyl (C=O) groups is 1. The number of alkyl halides is 9. The SMILES string of the molecule is Cc1cc(C(/C=C(\F)c2ccc(C(=O)C[C@H](C)CS(=O)(=O)CC(F)(F)F)c(C(F)(F)F)c2)C(F)(F)F)cc(Cl)c1Cl. The first-order chi connectivity index (χ1) is 18.4. The Morgan fingerprint density at radius 2 is 1.56 bits per heavy atom. The normalized spacial score (nSPS) is 15.1. The second-order valence-corrected chi connectivity index (χ2v) is 12.2. The Morgan fingerprint density at radius 1 is 0.976 bits per heavy atom. The van der Waals surface area contributed by atoms with Crippen molar-refractivity contribution in [3.05, 3.63) is 74.3 Å². The Kier molecular flexibility index (Phi) is 10.6. The van der Waals surface area contributed by atoms with Crippen LogP contribution in [-0.2, 0) is 16.0 Å². The number of aryl methyl sites for hydroxylation is 1. The van der Waals surface area contributed by atoms with E-state index in [0.717, 1.165) is 19.1 Å². The van der Waals surface area contributed by atoms with Gasteiger partial charge in [-0.3, -0.25) is 4.79 Å². The van der Waals surface area contributed by atoms with Gasteiger partial charge >= 0.3 is 18.5 Å². The Bertz CT molecular complexity index is 1410. The molecular formula is C25H20Cl2F10O3S. The van der Waals surface area contributed by atoms with E-state index in [9.17, 15) is 52.7 Å². The summed E-state index contributed by atoms with van der Waals surface area (Å²) in [6.07, 6.45) is -16.4. The number of Topliss-reactive ketones (excluding diaryl/α,β-unsaturated/α-hetero) is 1.